The van der Waals surface area contributed by atoms with E-state index in [9.17, 15) is 8.42 Å². The zero-order chi connectivity index (χ0) is 13.2. The molecule has 1 aromatic carbocycles. The van der Waals surface area contributed by atoms with Crippen LogP contribution in [0.25, 0.3) is 0 Å². The fourth-order valence-corrected chi connectivity index (χ4v) is 3.58. The quantitative estimate of drug-likeness (QED) is 0.801. The van der Waals surface area contributed by atoms with Gasteiger partial charge < -0.3 is 5.73 Å². The average molecular weight is 268 g/mol. The van der Waals surface area contributed by atoms with E-state index in [1.807, 2.05) is 6.92 Å². The number of anilines is 1. The van der Waals surface area contributed by atoms with Gasteiger partial charge in [0.25, 0.3) is 0 Å². The Morgan fingerprint density at radius 2 is 2.11 bits per heavy atom. The average Bonchev–Trinajstić information content (AvgIpc) is 2.26. The molecular weight excluding hydrogens is 248 g/mol. The molecule has 0 aliphatic heterocycles. The Morgan fingerprint density at radius 1 is 1.39 bits per heavy atom. The minimum absolute atomic E-state index is 0.323. The molecule has 0 unspecified atom stereocenters. The second-order valence-electron chi connectivity index (χ2n) is 4.87. The molecule has 0 radical (unpaired) electrons. The van der Waals surface area contributed by atoms with Crippen molar-refractivity contribution in [2.24, 2.45) is 5.92 Å². The zero-order valence-electron chi connectivity index (χ0n) is 10.6. The van der Waals surface area contributed by atoms with Gasteiger partial charge >= 0.3 is 0 Å². The van der Waals surface area contributed by atoms with Crippen LogP contribution >= 0.6 is 0 Å². The molecule has 0 spiro atoms. The summed E-state index contributed by atoms with van der Waals surface area (Å²) in [5.74, 6) is 0.505. The van der Waals surface area contributed by atoms with E-state index in [-0.39, 0.29) is 0 Å². The molecule has 0 bridgehead atoms. The van der Waals surface area contributed by atoms with Crippen molar-refractivity contribution in [3.8, 4) is 0 Å². The van der Waals surface area contributed by atoms with Gasteiger partial charge in [-0.15, -0.1) is 0 Å². The van der Waals surface area contributed by atoms with E-state index >= 15 is 0 Å². The summed E-state index contributed by atoms with van der Waals surface area (Å²) in [5, 5.41) is 0. The van der Waals surface area contributed by atoms with Crippen molar-refractivity contribution in [1.29, 1.82) is 0 Å². The molecule has 3 N–H and O–H groups in total. The van der Waals surface area contributed by atoms with Crippen molar-refractivity contribution in [3.63, 3.8) is 0 Å². The standard InChI is InChI=1S/C13H20N2O2S/c1-2-11-6-7-12(14)8-13(11)18(16,17)15-9-10-4-3-5-10/h6-8,10,15H,2-5,9,14H2,1H3. The molecule has 1 fully saturated rings. The number of nitrogen functional groups attached to an aromatic ring is 1. The van der Waals surface area contributed by atoms with Crippen LogP contribution < -0.4 is 10.5 Å². The molecule has 1 aliphatic carbocycles. The molecule has 5 heteroatoms. The first-order valence-corrected chi connectivity index (χ1v) is 7.89. The van der Waals surface area contributed by atoms with E-state index in [0.29, 0.717) is 29.5 Å². The highest BCUT2D eigenvalue weighted by atomic mass is 32.2. The minimum atomic E-state index is -3.43. The molecule has 1 aliphatic rings. The topological polar surface area (TPSA) is 72.2 Å². The lowest BCUT2D eigenvalue weighted by molar-refractivity contribution is 0.316. The van der Waals surface area contributed by atoms with Crippen LogP contribution in [0.4, 0.5) is 5.69 Å². The fourth-order valence-electron chi connectivity index (χ4n) is 2.12. The fraction of sp³-hybridized carbons (Fsp3) is 0.538. The highest BCUT2D eigenvalue weighted by Crippen LogP contribution is 2.26. The molecule has 0 amide bonds. The molecule has 4 nitrogen and oxygen atoms in total. The number of hydrogen-bond acceptors (Lipinski definition) is 3. The Labute approximate surface area is 109 Å². The molecule has 0 atom stereocenters. The molecule has 0 heterocycles. The molecule has 1 saturated carbocycles. The van der Waals surface area contributed by atoms with E-state index in [4.69, 9.17) is 5.73 Å². The summed E-state index contributed by atoms with van der Waals surface area (Å²) in [7, 11) is -3.43. The SMILES string of the molecule is CCc1ccc(N)cc1S(=O)(=O)NCC1CCC1. The van der Waals surface area contributed by atoms with Gasteiger partial charge in [-0.1, -0.05) is 19.4 Å². The number of aryl methyl sites for hydroxylation is 1. The zero-order valence-corrected chi connectivity index (χ0v) is 11.5. The van der Waals surface area contributed by atoms with Crippen LogP contribution in [-0.4, -0.2) is 15.0 Å². The molecule has 0 aromatic heterocycles. The highest BCUT2D eigenvalue weighted by Gasteiger charge is 2.22. The Balaban J connectivity index is 2.19. The van der Waals surface area contributed by atoms with Gasteiger partial charge in [0.15, 0.2) is 0 Å². The van der Waals surface area contributed by atoms with Gasteiger partial charge in [0.2, 0.25) is 10.0 Å². The van der Waals surface area contributed by atoms with E-state index in [1.165, 1.54) is 6.42 Å². The summed E-state index contributed by atoms with van der Waals surface area (Å²) in [4.78, 5) is 0.323. The van der Waals surface area contributed by atoms with Crippen LogP contribution in [0.3, 0.4) is 0 Å². The largest absolute Gasteiger partial charge is 0.399 e. The van der Waals surface area contributed by atoms with E-state index < -0.39 is 10.0 Å². The van der Waals surface area contributed by atoms with Gasteiger partial charge in [-0.05, 0) is 42.9 Å². The van der Waals surface area contributed by atoms with Gasteiger partial charge in [0.05, 0.1) is 4.90 Å². The molecule has 0 saturated heterocycles. The third kappa shape index (κ3) is 2.84. The van der Waals surface area contributed by atoms with Crippen molar-refractivity contribution >= 4 is 15.7 Å². The molecular formula is C13H20N2O2S. The smallest absolute Gasteiger partial charge is 0.240 e. The van der Waals surface area contributed by atoms with Gasteiger partial charge in [0, 0.05) is 12.2 Å². The number of nitrogens with two attached hydrogens (primary N) is 1. The number of nitrogens with one attached hydrogen (secondary N) is 1. The highest BCUT2D eigenvalue weighted by molar-refractivity contribution is 7.89. The Morgan fingerprint density at radius 3 is 2.67 bits per heavy atom. The van der Waals surface area contributed by atoms with Crippen LogP contribution in [0.5, 0.6) is 0 Å². The summed E-state index contributed by atoms with van der Waals surface area (Å²) < 4.78 is 27.2. The lowest BCUT2D eigenvalue weighted by Crippen LogP contribution is -2.32. The van der Waals surface area contributed by atoms with E-state index in [1.54, 1.807) is 18.2 Å². The Kier molecular flexibility index (Phi) is 3.92. The molecule has 100 valence electrons. The van der Waals surface area contributed by atoms with Gasteiger partial charge in [0.1, 0.15) is 0 Å². The second kappa shape index (κ2) is 5.28. The summed E-state index contributed by atoms with van der Waals surface area (Å²) in [6.45, 7) is 2.48. The second-order valence-corrected chi connectivity index (χ2v) is 6.60. The van der Waals surface area contributed by atoms with E-state index in [0.717, 1.165) is 18.4 Å². The summed E-state index contributed by atoms with van der Waals surface area (Å²) >= 11 is 0. The lowest BCUT2D eigenvalue weighted by atomic mass is 9.86. The molecule has 18 heavy (non-hydrogen) atoms. The predicted molar refractivity (Wildman–Crippen MR) is 72.8 cm³/mol. The van der Waals surface area contributed by atoms with Crippen molar-refractivity contribution in [1.82, 2.24) is 4.72 Å². The Hall–Kier alpha value is -1.07. The maximum absolute atomic E-state index is 12.2. The van der Waals surface area contributed by atoms with Gasteiger partial charge in [-0.3, -0.25) is 0 Å². The van der Waals surface area contributed by atoms with Crippen LogP contribution in [0.15, 0.2) is 23.1 Å². The summed E-state index contributed by atoms with van der Waals surface area (Å²) in [6.07, 6.45) is 4.14. The predicted octanol–water partition coefficient (Wildman–Crippen LogP) is 1.91. The van der Waals surface area contributed by atoms with Crippen molar-refractivity contribution in [2.45, 2.75) is 37.5 Å². The number of hydrogen-bond donors (Lipinski definition) is 2. The maximum atomic E-state index is 12.2. The third-order valence-electron chi connectivity index (χ3n) is 3.55. The van der Waals surface area contributed by atoms with Crippen molar-refractivity contribution < 1.29 is 8.42 Å². The first-order valence-electron chi connectivity index (χ1n) is 6.41. The normalized spacial score (nSPS) is 16.5. The van der Waals surface area contributed by atoms with Crippen molar-refractivity contribution in [3.05, 3.63) is 23.8 Å². The summed E-state index contributed by atoms with van der Waals surface area (Å²) in [5.41, 5.74) is 6.97. The first-order chi connectivity index (χ1) is 8.53. The Bertz CT molecular complexity index is 522. The lowest BCUT2D eigenvalue weighted by Gasteiger charge is -2.25. The monoisotopic (exact) mass is 268 g/mol. The third-order valence-corrected chi connectivity index (χ3v) is 5.05. The number of benzene rings is 1. The minimum Gasteiger partial charge on any atom is -0.399 e. The first kappa shape index (κ1) is 13.4. The number of sulfonamides is 1. The van der Waals surface area contributed by atoms with Gasteiger partial charge in [-0.25, -0.2) is 13.1 Å². The van der Waals surface area contributed by atoms with Crippen LogP contribution in [0, 0.1) is 5.92 Å². The maximum Gasteiger partial charge on any atom is 0.240 e. The molecule has 1 aromatic rings. The van der Waals surface area contributed by atoms with E-state index in [2.05, 4.69) is 4.72 Å². The number of rotatable bonds is 5. The molecule has 2 rings (SSSR count). The van der Waals surface area contributed by atoms with Crippen molar-refractivity contribution in [2.75, 3.05) is 12.3 Å². The van der Waals surface area contributed by atoms with Crippen LogP contribution in [0.2, 0.25) is 0 Å². The van der Waals surface area contributed by atoms with Crippen LogP contribution in [0.1, 0.15) is 31.7 Å². The van der Waals surface area contributed by atoms with Gasteiger partial charge in [-0.2, -0.15) is 0 Å². The van der Waals surface area contributed by atoms with Crippen LogP contribution in [-0.2, 0) is 16.4 Å². The summed E-state index contributed by atoms with van der Waals surface area (Å²) in [6, 6.07) is 5.07.